The van der Waals surface area contributed by atoms with E-state index in [4.69, 9.17) is 14.2 Å². The zero-order chi connectivity index (χ0) is 21.7. The lowest BCUT2D eigenvalue weighted by molar-refractivity contribution is -0.385. The minimum Gasteiger partial charge on any atom is -0.462 e. The minimum absolute atomic E-state index is 0.121. The van der Waals surface area contributed by atoms with E-state index < -0.39 is 26.6 Å². The summed E-state index contributed by atoms with van der Waals surface area (Å²) in [5, 5.41) is 11.5. The maximum absolute atomic E-state index is 12.7. The average molecular weight is 436 g/mol. The Labute approximate surface area is 173 Å². The van der Waals surface area contributed by atoms with Gasteiger partial charge in [0, 0.05) is 19.2 Å². The molecule has 0 atom stereocenters. The predicted octanol–water partition coefficient (Wildman–Crippen LogP) is 2.58. The molecule has 1 saturated heterocycles. The van der Waals surface area contributed by atoms with Crippen LogP contribution in [-0.2, 0) is 19.5 Å². The summed E-state index contributed by atoms with van der Waals surface area (Å²) < 4.78 is 42.3. The largest absolute Gasteiger partial charge is 0.462 e. The molecule has 0 aromatic heterocycles. The zero-order valence-electron chi connectivity index (χ0n) is 16.1. The summed E-state index contributed by atoms with van der Waals surface area (Å²) in [4.78, 5) is 22.3. The van der Waals surface area contributed by atoms with Crippen molar-refractivity contribution in [1.82, 2.24) is 4.31 Å². The van der Waals surface area contributed by atoms with Crippen molar-refractivity contribution < 1.29 is 32.3 Å². The molecule has 2 aromatic rings. The average Bonchev–Trinajstić information content (AvgIpc) is 2.75. The van der Waals surface area contributed by atoms with Crippen molar-refractivity contribution >= 4 is 21.7 Å². The van der Waals surface area contributed by atoms with Gasteiger partial charge in [-0.3, -0.25) is 10.1 Å². The fourth-order valence-corrected chi connectivity index (χ4v) is 4.25. The van der Waals surface area contributed by atoms with Gasteiger partial charge in [-0.05, 0) is 43.3 Å². The van der Waals surface area contributed by atoms with Crippen molar-refractivity contribution in [2.75, 3.05) is 32.9 Å². The molecule has 10 nitrogen and oxygen atoms in total. The molecule has 0 N–H and O–H groups in total. The van der Waals surface area contributed by atoms with Crippen LogP contribution in [0.4, 0.5) is 5.69 Å². The van der Waals surface area contributed by atoms with Crippen molar-refractivity contribution in [2.45, 2.75) is 11.8 Å². The van der Waals surface area contributed by atoms with E-state index in [1.807, 2.05) is 0 Å². The first-order chi connectivity index (χ1) is 14.3. The molecule has 0 spiro atoms. The standard InChI is InChI=1S/C19H20N2O8S/c1-2-28-19(22)14-3-5-15(6-4-14)29-18-8-7-16(13-17(18)21(23)24)30(25,26)20-9-11-27-12-10-20/h3-8,13H,2,9-12H2,1H3. The smallest absolute Gasteiger partial charge is 0.338 e. The van der Waals surface area contributed by atoms with Crippen LogP contribution in [0.1, 0.15) is 17.3 Å². The molecule has 0 unspecified atom stereocenters. The third-order valence-electron chi connectivity index (χ3n) is 4.33. The fourth-order valence-electron chi connectivity index (χ4n) is 2.82. The molecule has 1 aliphatic rings. The maximum atomic E-state index is 12.7. The first kappa shape index (κ1) is 21.7. The van der Waals surface area contributed by atoms with E-state index in [9.17, 15) is 23.3 Å². The molecule has 1 fully saturated rings. The summed E-state index contributed by atoms with van der Waals surface area (Å²) in [5.74, 6) is -0.368. The maximum Gasteiger partial charge on any atom is 0.338 e. The Hall–Kier alpha value is -3.02. The SMILES string of the molecule is CCOC(=O)c1ccc(Oc2ccc(S(=O)(=O)N3CCOCC3)cc2[N+](=O)[O-])cc1. The number of benzene rings is 2. The predicted molar refractivity (Wildman–Crippen MR) is 105 cm³/mol. The van der Waals surface area contributed by atoms with E-state index in [0.29, 0.717) is 5.56 Å². The number of nitro benzene ring substituents is 1. The molecule has 3 rings (SSSR count). The Bertz CT molecular complexity index is 1030. The van der Waals surface area contributed by atoms with E-state index in [2.05, 4.69) is 0 Å². The fraction of sp³-hybridized carbons (Fsp3) is 0.316. The number of sulfonamides is 1. The molecule has 1 aliphatic heterocycles. The van der Waals surface area contributed by atoms with Gasteiger partial charge < -0.3 is 14.2 Å². The second-order valence-electron chi connectivity index (χ2n) is 6.25. The molecule has 2 aromatic carbocycles. The van der Waals surface area contributed by atoms with Gasteiger partial charge in [0.1, 0.15) is 5.75 Å². The van der Waals surface area contributed by atoms with Gasteiger partial charge in [0.25, 0.3) is 0 Å². The van der Waals surface area contributed by atoms with Crippen LogP contribution in [0.15, 0.2) is 47.4 Å². The van der Waals surface area contributed by atoms with Gasteiger partial charge >= 0.3 is 11.7 Å². The van der Waals surface area contributed by atoms with Crippen molar-refractivity contribution in [2.24, 2.45) is 0 Å². The molecule has 0 radical (unpaired) electrons. The summed E-state index contributed by atoms with van der Waals surface area (Å²) in [7, 11) is -3.89. The number of hydrogen-bond donors (Lipinski definition) is 0. The van der Waals surface area contributed by atoms with Crippen LogP contribution in [-0.4, -0.2) is 56.5 Å². The van der Waals surface area contributed by atoms with Crippen LogP contribution < -0.4 is 4.74 Å². The Morgan fingerprint density at radius 1 is 1.17 bits per heavy atom. The monoisotopic (exact) mass is 436 g/mol. The first-order valence-electron chi connectivity index (χ1n) is 9.14. The topological polar surface area (TPSA) is 125 Å². The van der Waals surface area contributed by atoms with Crippen molar-refractivity contribution in [3.63, 3.8) is 0 Å². The van der Waals surface area contributed by atoms with Crippen molar-refractivity contribution in [1.29, 1.82) is 0 Å². The summed E-state index contributed by atoms with van der Waals surface area (Å²) in [6.07, 6.45) is 0. The molecule has 11 heteroatoms. The van der Waals surface area contributed by atoms with Crippen molar-refractivity contribution in [3.8, 4) is 11.5 Å². The Morgan fingerprint density at radius 2 is 1.83 bits per heavy atom. The van der Waals surface area contributed by atoms with Crippen LogP contribution in [0.25, 0.3) is 0 Å². The molecule has 1 heterocycles. The Balaban J connectivity index is 1.85. The van der Waals surface area contributed by atoms with Gasteiger partial charge in [-0.25, -0.2) is 13.2 Å². The van der Waals surface area contributed by atoms with Gasteiger partial charge in [-0.15, -0.1) is 0 Å². The van der Waals surface area contributed by atoms with Gasteiger partial charge in [-0.2, -0.15) is 4.31 Å². The minimum atomic E-state index is -3.89. The van der Waals surface area contributed by atoms with Gasteiger partial charge in [0.05, 0.1) is 35.2 Å². The summed E-state index contributed by atoms with van der Waals surface area (Å²) >= 11 is 0. The number of ether oxygens (including phenoxy) is 3. The first-order valence-corrected chi connectivity index (χ1v) is 10.6. The highest BCUT2D eigenvalue weighted by Crippen LogP contribution is 2.34. The summed E-state index contributed by atoms with van der Waals surface area (Å²) in [5.41, 5.74) is -0.176. The second-order valence-corrected chi connectivity index (χ2v) is 8.19. The molecule has 160 valence electrons. The van der Waals surface area contributed by atoms with Gasteiger partial charge in [0.2, 0.25) is 15.8 Å². The molecule has 0 bridgehead atoms. The van der Waals surface area contributed by atoms with E-state index in [1.54, 1.807) is 6.92 Å². The van der Waals surface area contributed by atoms with Gasteiger partial charge in [0.15, 0.2) is 0 Å². The van der Waals surface area contributed by atoms with E-state index >= 15 is 0 Å². The van der Waals surface area contributed by atoms with E-state index in [-0.39, 0.29) is 49.3 Å². The third kappa shape index (κ3) is 4.75. The number of carbonyl (C=O) groups is 1. The highest BCUT2D eigenvalue weighted by Gasteiger charge is 2.29. The lowest BCUT2D eigenvalue weighted by atomic mass is 10.2. The lowest BCUT2D eigenvalue weighted by Gasteiger charge is -2.26. The lowest BCUT2D eigenvalue weighted by Crippen LogP contribution is -2.40. The molecule has 30 heavy (non-hydrogen) atoms. The Kier molecular flexibility index (Phi) is 6.65. The number of nitro groups is 1. The molecular weight excluding hydrogens is 416 g/mol. The summed E-state index contributed by atoms with van der Waals surface area (Å²) in [6.45, 7) is 2.83. The second kappa shape index (κ2) is 9.20. The van der Waals surface area contributed by atoms with Crippen LogP contribution in [0, 0.1) is 10.1 Å². The Morgan fingerprint density at radius 3 is 2.43 bits per heavy atom. The number of nitrogens with zero attached hydrogens (tertiary/aromatic N) is 2. The molecule has 0 aliphatic carbocycles. The van der Waals surface area contributed by atoms with Crippen molar-refractivity contribution in [3.05, 3.63) is 58.1 Å². The zero-order valence-corrected chi connectivity index (χ0v) is 17.0. The van der Waals surface area contributed by atoms with E-state index in [1.165, 1.54) is 40.7 Å². The number of hydrogen-bond acceptors (Lipinski definition) is 8. The normalized spacial score (nSPS) is 14.8. The number of esters is 1. The summed E-state index contributed by atoms with van der Waals surface area (Å²) in [6, 6.07) is 9.35. The number of rotatable bonds is 7. The van der Waals surface area contributed by atoms with Crippen LogP contribution in [0.5, 0.6) is 11.5 Å². The molecule has 0 amide bonds. The highest BCUT2D eigenvalue weighted by atomic mass is 32.2. The van der Waals surface area contributed by atoms with Crippen LogP contribution in [0.2, 0.25) is 0 Å². The third-order valence-corrected chi connectivity index (χ3v) is 6.22. The molecule has 0 saturated carbocycles. The quantitative estimate of drug-likeness (QED) is 0.368. The highest BCUT2D eigenvalue weighted by molar-refractivity contribution is 7.89. The number of morpholine rings is 1. The van der Waals surface area contributed by atoms with Gasteiger partial charge in [-0.1, -0.05) is 0 Å². The molecular formula is C19H20N2O8S. The number of carbonyl (C=O) groups excluding carboxylic acids is 1. The van der Waals surface area contributed by atoms with E-state index in [0.717, 1.165) is 6.07 Å². The van der Waals surface area contributed by atoms with Crippen LogP contribution in [0.3, 0.4) is 0 Å². The van der Waals surface area contributed by atoms with Crippen LogP contribution >= 0.6 is 0 Å².